The third kappa shape index (κ3) is 4.43. The molecule has 0 atom stereocenters. The van der Waals surface area contributed by atoms with Crippen LogP contribution in [0.15, 0.2) is 52.4 Å². The number of benzene rings is 2. The summed E-state index contributed by atoms with van der Waals surface area (Å²) in [6.07, 6.45) is 0.201. The van der Waals surface area contributed by atoms with E-state index < -0.39 is 17.2 Å². The molecule has 0 aliphatic rings. The van der Waals surface area contributed by atoms with Crippen LogP contribution in [0.3, 0.4) is 0 Å². The molecule has 0 radical (unpaired) electrons. The van der Waals surface area contributed by atoms with Crippen LogP contribution in [0, 0.1) is 23.0 Å². The quantitative estimate of drug-likeness (QED) is 0.457. The van der Waals surface area contributed by atoms with Gasteiger partial charge in [-0.15, -0.1) is 0 Å². The smallest absolute Gasteiger partial charge is 0.266 e. The van der Waals surface area contributed by atoms with Gasteiger partial charge in [0.05, 0.1) is 34.8 Å². The number of para-hydroxylation sites is 1. The van der Waals surface area contributed by atoms with E-state index in [1.807, 2.05) is 6.07 Å². The molecule has 29 heavy (non-hydrogen) atoms. The summed E-state index contributed by atoms with van der Waals surface area (Å²) < 4.78 is 28.8. The van der Waals surface area contributed by atoms with Crippen molar-refractivity contribution < 1.29 is 13.6 Å². The SMILES string of the molecule is CN(CCC#N)C(=O)CSc1nc2ccccc2c(=O)n1-c1ccc(F)cc1F. The van der Waals surface area contributed by atoms with Gasteiger partial charge in [0.1, 0.15) is 11.6 Å². The van der Waals surface area contributed by atoms with Crippen molar-refractivity contribution in [3.8, 4) is 11.8 Å². The third-order valence-electron chi connectivity index (χ3n) is 4.21. The number of hydrogen-bond acceptors (Lipinski definition) is 5. The number of fused-ring (bicyclic) bond motifs is 1. The Labute approximate surface area is 169 Å². The average molecular weight is 414 g/mol. The fourth-order valence-electron chi connectivity index (χ4n) is 2.66. The van der Waals surface area contributed by atoms with Crippen molar-refractivity contribution in [2.75, 3.05) is 19.3 Å². The van der Waals surface area contributed by atoms with Gasteiger partial charge in [0.15, 0.2) is 5.16 Å². The van der Waals surface area contributed by atoms with Gasteiger partial charge in [0.25, 0.3) is 5.56 Å². The predicted molar refractivity (Wildman–Crippen MR) is 106 cm³/mol. The molecule has 0 spiro atoms. The summed E-state index contributed by atoms with van der Waals surface area (Å²) in [5, 5.41) is 9.03. The predicted octanol–water partition coefficient (Wildman–Crippen LogP) is 3.13. The number of hydrogen-bond donors (Lipinski definition) is 0. The highest BCUT2D eigenvalue weighted by Gasteiger charge is 2.18. The lowest BCUT2D eigenvalue weighted by atomic mass is 10.2. The second-order valence-electron chi connectivity index (χ2n) is 6.16. The summed E-state index contributed by atoms with van der Waals surface area (Å²) in [6.45, 7) is 0.278. The van der Waals surface area contributed by atoms with Gasteiger partial charge in [-0.2, -0.15) is 5.26 Å². The van der Waals surface area contributed by atoms with Gasteiger partial charge in [0, 0.05) is 19.7 Å². The zero-order valence-corrected chi connectivity index (χ0v) is 16.2. The maximum atomic E-state index is 14.4. The van der Waals surface area contributed by atoms with Crippen LogP contribution in [0.1, 0.15) is 6.42 Å². The van der Waals surface area contributed by atoms with Crippen LogP contribution in [0.2, 0.25) is 0 Å². The normalized spacial score (nSPS) is 10.7. The Morgan fingerprint density at radius 1 is 1.28 bits per heavy atom. The van der Waals surface area contributed by atoms with Crippen molar-refractivity contribution in [2.24, 2.45) is 0 Å². The first kappa shape index (κ1) is 20.5. The van der Waals surface area contributed by atoms with Crippen LogP contribution in [-0.4, -0.2) is 39.7 Å². The number of nitriles is 1. The molecule has 3 aromatic rings. The first-order valence-electron chi connectivity index (χ1n) is 8.63. The number of carbonyl (C=O) groups excluding carboxylic acids is 1. The van der Waals surface area contributed by atoms with E-state index >= 15 is 0 Å². The van der Waals surface area contributed by atoms with Gasteiger partial charge >= 0.3 is 0 Å². The number of rotatable bonds is 6. The van der Waals surface area contributed by atoms with Crippen LogP contribution < -0.4 is 5.56 Å². The number of carbonyl (C=O) groups is 1. The van der Waals surface area contributed by atoms with Crippen molar-refractivity contribution in [3.63, 3.8) is 0 Å². The molecule has 2 aromatic carbocycles. The molecule has 0 aliphatic heterocycles. The molecule has 0 bridgehead atoms. The van der Waals surface area contributed by atoms with Gasteiger partial charge in [-0.25, -0.2) is 13.8 Å². The van der Waals surface area contributed by atoms with E-state index in [-0.39, 0.29) is 40.9 Å². The molecule has 0 saturated heterocycles. The summed E-state index contributed by atoms with van der Waals surface area (Å²) in [5.41, 5.74) is -0.264. The Hall–Kier alpha value is -3.25. The minimum atomic E-state index is -0.913. The van der Waals surface area contributed by atoms with Crippen molar-refractivity contribution in [2.45, 2.75) is 11.6 Å². The lowest BCUT2D eigenvalue weighted by Gasteiger charge is -2.17. The summed E-state index contributed by atoms with van der Waals surface area (Å²) in [5.74, 6) is -2.01. The number of halogens is 2. The number of nitrogens with zero attached hydrogens (tertiary/aromatic N) is 4. The molecule has 0 saturated carbocycles. The Morgan fingerprint density at radius 2 is 2.03 bits per heavy atom. The molecule has 0 aliphatic carbocycles. The number of aromatic nitrogens is 2. The summed E-state index contributed by atoms with van der Waals surface area (Å²) in [4.78, 5) is 31.1. The highest BCUT2D eigenvalue weighted by molar-refractivity contribution is 7.99. The van der Waals surface area contributed by atoms with Crippen molar-refractivity contribution in [1.29, 1.82) is 5.26 Å². The molecule has 148 valence electrons. The highest BCUT2D eigenvalue weighted by Crippen LogP contribution is 2.23. The maximum Gasteiger partial charge on any atom is 0.266 e. The van der Waals surface area contributed by atoms with Crippen LogP contribution >= 0.6 is 11.8 Å². The maximum absolute atomic E-state index is 14.4. The summed E-state index contributed by atoms with van der Waals surface area (Å²) in [6, 6.07) is 11.5. The van der Waals surface area contributed by atoms with E-state index in [1.54, 1.807) is 31.3 Å². The van der Waals surface area contributed by atoms with E-state index in [0.717, 1.165) is 28.5 Å². The van der Waals surface area contributed by atoms with Crippen LogP contribution in [0.5, 0.6) is 0 Å². The third-order valence-corrected chi connectivity index (χ3v) is 5.13. The van der Waals surface area contributed by atoms with E-state index in [1.165, 1.54) is 4.90 Å². The molecular weight excluding hydrogens is 398 g/mol. The second kappa shape index (κ2) is 8.84. The zero-order chi connectivity index (χ0) is 21.0. The van der Waals surface area contributed by atoms with Crippen LogP contribution in [0.4, 0.5) is 8.78 Å². The van der Waals surface area contributed by atoms with E-state index in [0.29, 0.717) is 11.6 Å². The lowest BCUT2D eigenvalue weighted by Crippen LogP contribution is -2.29. The molecule has 3 rings (SSSR count). The van der Waals surface area contributed by atoms with Gasteiger partial charge in [-0.3, -0.25) is 14.2 Å². The van der Waals surface area contributed by atoms with Crippen LogP contribution in [0.25, 0.3) is 16.6 Å². The summed E-state index contributed by atoms with van der Waals surface area (Å²) in [7, 11) is 1.57. The first-order chi connectivity index (χ1) is 13.9. The van der Waals surface area contributed by atoms with Gasteiger partial charge in [-0.1, -0.05) is 23.9 Å². The van der Waals surface area contributed by atoms with Gasteiger partial charge in [0.2, 0.25) is 5.91 Å². The largest absolute Gasteiger partial charge is 0.344 e. The van der Waals surface area contributed by atoms with Crippen LogP contribution in [-0.2, 0) is 4.79 Å². The zero-order valence-electron chi connectivity index (χ0n) is 15.4. The lowest BCUT2D eigenvalue weighted by molar-refractivity contribution is -0.127. The monoisotopic (exact) mass is 414 g/mol. The minimum absolute atomic E-state index is 0.0600. The Morgan fingerprint density at radius 3 is 2.76 bits per heavy atom. The summed E-state index contributed by atoms with van der Waals surface area (Å²) >= 11 is 0.971. The Balaban J connectivity index is 2.05. The Kier molecular flexibility index (Phi) is 6.24. The van der Waals surface area contributed by atoms with Crippen molar-refractivity contribution >= 4 is 28.6 Å². The molecule has 1 aromatic heterocycles. The average Bonchev–Trinajstić information content (AvgIpc) is 2.71. The Bertz CT molecular complexity index is 1170. The molecule has 1 heterocycles. The van der Waals surface area contributed by atoms with Gasteiger partial charge in [-0.05, 0) is 24.3 Å². The molecule has 9 heteroatoms. The van der Waals surface area contributed by atoms with Crippen molar-refractivity contribution in [1.82, 2.24) is 14.5 Å². The van der Waals surface area contributed by atoms with Gasteiger partial charge < -0.3 is 4.90 Å². The topological polar surface area (TPSA) is 79.0 Å². The molecule has 1 amide bonds. The molecule has 0 fully saturated rings. The molecular formula is C20H16F2N4O2S. The highest BCUT2D eigenvalue weighted by atomic mass is 32.2. The fourth-order valence-corrected chi connectivity index (χ4v) is 3.61. The number of amides is 1. The van der Waals surface area contributed by atoms with E-state index in [9.17, 15) is 18.4 Å². The first-order valence-corrected chi connectivity index (χ1v) is 9.62. The standard InChI is InChI=1S/C20H16F2N4O2S/c1-25(10-4-9-23)18(27)12-29-20-24-16-6-3-2-5-14(16)19(28)26(20)17-8-7-13(21)11-15(17)22/h2-3,5-8,11H,4,10,12H2,1H3. The van der Waals surface area contributed by atoms with Crippen molar-refractivity contribution in [3.05, 3.63) is 64.5 Å². The molecule has 0 N–H and O–H groups in total. The van der Waals surface area contributed by atoms with E-state index in [4.69, 9.17) is 5.26 Å². The fraction of sp³-hybridized carbons (Fsp3) is 0.200. The molecule has 6 nitrogen and oxygen atoms in total. The number of thioether (sulfide) groups is 1. The second-order valence-corrected chi connectivity index (χ2v) is 7.10. The molecule has 0 unspecified atom stereocenters. The minimum Gasteiger partial charge on any atom is -0.344 e. The van der Waals surface area contributed by atoms with E-state index in [2.05, 4.69) is 4.98 Å².